The number of benzene rings is 2. The molecule has 2 aromatic rings. The molecule has 0 amide bonds. The Morgan fingerprint density at radius 3 is 2.15 bits per heavy atom. The van der Waals surface area contributed by atoms with Crippen LogP contribution in [0.5, 0.6) is 0 Å². The van der Waals surface area contributed by atoms with Gasteiger partial charge in [-0.25, -0.2) is 8.42 Å². The summed E-state index contributed by atoms with van der Waals surface area (Å²) in [5.41, 5.74) is 3.02. The smallest absolute Gasteiger partial charge is 0.203 e. The van der Waals surface area contributed by atoms with Crippen molar-refractivity contribution in [2.75, 3.05) is 0 Å². The van der Waals surface area contributed by atoms with Crippen LogP contribution in [-0.4, -0.2) is 8.42 Å². The molecule has 1 atom stereocenters. The van der Waals surface area contributed by atoms with E-state index >= 15 is 0 Å². The summed E-state index contributed by atoms with van der Waals surface area (Å²) in [5, 5.41) is 0. The van der Waals surface area contributed by atoms with Crippen molar-refractivity contribution in [2.45, 2.75) is 24.7 Å². The summed E-state index contributed by atoms with van der Waals surface area (Å²) >= 11 is 0. The van der Waals surface area contributed by atoms with Crippen LogP contribution < -0.4 is 0 Å². The van der Waals surface area contributed by atoms with E-state index in [2.05, 4.69) is 0 Å². The van der Waals surface area contributed by atoms with Gasteiger partial charge in [-0.3, -0.25) is 0 Å². The second-order valence-corrected chi connectivity index (χ2v) is 7.03. The molecule has 102 valence electrons. The van der Waals surface area contributed by atoms with E-state index in [1.165, 1.54) is 0 Å². The Balaban J connectivity index is 2.20. The van der Waals surface area contributed by atoms with E-state index in [9.17, 15) is 8.42 Å². The van der Waals surface area contributed by atoms with E-state index in [0.717, 1.165) is 16.7 Å². The van der Waals surface area contributed by atoms with Crippen molar-refractivity contribution < 1.29 is 8.42 Å². The first kappa shape index (κ1) is 13.1. The first-order valence-electron chi connectivity index (χ1n) is 6.63. The second kappa shape index (κ2) is 4.60. The summed E-state index contributed by atoms with van der Waals surface area (Å²) in [6.07, 6.45) is 0. The SMILES string of the molecule is CC1=C(S(=O)(=O)c2ccccc2)[C@H](C)c2ccccc21. The highest BCUT2D eigenvalue weighted by atomic mass is 32.2. The Kier molecular flexibility index (Phi) is 3.02. The van der Waals surface area contributed by atoms with Crippen molar-refractivity contribution in [3.63, 3.8) is 0 Å². The van der Waals surface area contributed by atoms with Crippen molar-refractivity contribution >= 4 is 15.4 Å². The van der Waals surface area contributed by atoms with Gasteiger partial charge in [-0.15, -0.1) is 0 Å². The summed E-state index contributed by atoms with van der Waals surface area (Å²) < 4.78 is 25.7. The maximum atomic E-state index is 12.9. The van der Waals surface area contributed by atoms with Crippen molar-refractivity contribution in [1.82, 2.24) is 0 Å². The van der Waals surface area contributed by atoms with Crippen LogP contribution in [0.15, 0.2) is 64.4 Å². The largest absolute Gasteiger partial charge is 0.219 e. The summed E-state index contributed by atoms with van der Waals surface area (Å²) in [6, 6.07) is 16.6. The maximum Gasteiger partial charge on any atom is 0.203 e. The third-order valence-corrected chi connectivity index (χ3v) is 6.07. The van der Waals surface area contributed by atoms with E-state index in [1.54, 1.807) is 24.3 Å². The molecule has 0 spiro atoms. The minimum atomic E-state index is -3.43. The molecule has 0 fully saturated rings. The normalized spacial score (nSPS) is 18.2. The van der Waals surface area contributed by atoms with Crippen molar-refractivity contribution in [3.8, 4) is 0 Å². The Morgan fingerprint density at radius 1 is 0.900 bits per heavy atom. The highest BCUT2D eigenvalue weighted by molar-refractivity contribution is 7.95. The van der Waals surface area contributed by atoms with E-state index in [4.69, 9.17) is 0 Å². The molecule has 0 bridgehead atoms. The lowest BCUT2D eigenvalue weighted by molar-refractivity contribution is 0.599. The number of hydrogen-bond acceptors (Lipinski definition) is 2. The minimum Gasteiger partial charge on any atom is -0.219 e. The predicted octanol–water partition coefficient (Wildman–Crippen LogP) is 4.01. The molecule has 0 heterocycles. The fourth-order valence-corrected chi connectivity index (χ4v) is 4.85. The Labute approximate surface area is 119 Å². The monoisotopic (exact) mass is 284 g/mol. The summed E-state index contributed by atoms with van der Waals surface area (Å²) in [4.78, 5) is 0.902. The van der Waals surface area contributed by atoms with Gasteiger partial charge in [0.25, 0.3) is 0 Å². The number of allylic oxidation sites excluding steroid dienone is 2. The molecule has 0 aromatic heterocycles. The molecular weight excluding hydrogens is 268 g/mol. The van der Waals surface area contributed by atoms with Gasteiger partial charge in [-0.2, -0.15) is 0 Å². The van der Waals surface area contributed by atoms with Gasteiger partial charge in [-0.1, -0.05) is 49.4 Å². The Hall–Kier alpha value is -1.87. The second-order valence-electron chi connectivity index (χ2n) is 5.11. The van der Waals surface area contributed by atoms with Crippen LogP contribution in [0, 0.1) is 0 Å². The van der Waals surface area contributed by atoms with Gasteiger partial charge in [-0.05, 0) is 35.8 Å². The average molecular weight is 284 g/mol. The van der Waals surface area contributed by atoms with Crippen molar-refractivity contribution in [3.05, 3.63) is 70.6 Å². The molecule has 0 aliphatic heterocycles. The molecule has 1 aliphatic rings. The summed E-state index contributed by atoms with van der Waals surface area (Å²) in [6.45, 7) is 3.86. The van der Waals surface area contributed by atoms with E-state index in [1.807, 2.05) is 44.2 Å². The van der Waals surface area contributed by atoms with E-state index in [-0.39, 0.29) is 5.92 Å². The lowest BCUT2D eigenvalue weighted by Gasteiger charge is -2.12. The van der Waals surface area contributed by atoms with Gasteiger partial charge >= 0.3 is 0 Å². The molecule has 0 N–H and O–H groups in total. The van der Waals surface area contributed by atoms with Crippen LogP contribution >= 0.6 is 0 Å². The number of fused-ring (bicyclic) bond motifs is 1. The number of hydrogen-bond donors (Lipinski definition) is 0. The Bertz CT molecular complexity index is 787. The van der Waals surface area contributed by atoms with Gasteiger partial charge in [0.1, 0.15) is 0 Å². The molecule has 3 heteroatoms. The molecule has 1 aliphatic carbocycles. The van der Waals surface area contributed by atoms with Crippen LogP contribution in [0.1, 0.15) is 30.9 Å². The van der Waals surface area contributed by atoms with Gasteiger partial charge in [0.2, 0.25) is 9.84 Å². The highest BCUT2D eigenvalue weighted by Gasteiger charge is 2.34. The van der Waals surface area contributed by atoms with Crippen LogP contribution in [0.3, 0.4) is 0 Å². The molecule has 0 saturated carbocycles. The first-order valence-corrected chi connectivity index (χ1v) is 8.12. The van der Waals surface area contributed by atoms with Crippen LogP contribution in [0.25, 0.3) is 5.57 Å². The lowest BCUT2D eigenvalue weighted by Crippen LogP contribution is -2.08. The third-order valence-electron chi connectivity index (χ3n) is 3.94. The number of sulfone groups is 1. The molecule has 3 rings (SSSR count). The fraction of sp³-hybridized carbons (Fsp3) is 0.176. The van der Waals surface area contributed by atoms with Gasteiger partial charge in [0.15, 0.2) is 0 Å². The highest BCUT2D eigenvalue weighted by Crippen LogP contribution is 2.45. The standard InChI is InChI=1S/C17H16O2S/c1-12-15-10-6-7-11-16(15)13(2)17(12)20(18,19)14-8-4-3-5-9-14/h3-12H,1-2H3/t12-/m1/s1. The van der Waals surface area contributed by atoms with Crippen LogP contribution in [0.4, 0.5) is 0 Å². The molecule has 2 aromatic carbocycles. The van der Waals surface area contributed by atoms with Crippen molar-refractivity contribution in [2.24, 2.45) is 0 Å². The van der Waals surface area contributed by atoms with E-state index in [0.29, 0.717) is 9.80 Å². The molecule has 0 unspecified atom stereocenters. The topological polar surface area (TPSA) is 34.1 Å². The zero-order valence-electron chi connectivity index (χ0n) is 11.5. The maximum absolute atomic E-state index is 12.9. The third kappa shape index (κ3) is 1.81. The fourth-order valence-electron chi connectivity index (χ4n) is 2.98. The van der Waals surface area contributed by atoms with Crippen molar-refractivity contribution in [1.29, 1.82) is 0 Å². The lowest BCUT2D eigenvalue weighted by atomic mass is 10.0. The summed E-state index contributed by atoms with van der Waals surface area (Å²) in [5.74, 6) is -0.0867. The quantitative estimate of drug-likeness (QED) is 0.835. The van der Waals surface area contributed by atoms with Gasteiger partial charge in [0.05, 0.1) is 9.80 Å². The molecule has 0 radical (unpaired) electrons. The number of rotatable bonds is 2. The zero-order valence-corrected chi connectivity index (χ0v) is 12.3. The average Bonchev–Trinajstić information content (AvgIpc) is 2.73. The van der Waals surface area contributed by atoms with Crippen LogP contribution in [-0.2, 0) is 9.84 Å². The Morgan fingerprint density at radius 2 is 1.50 bits per heavy atom. The predicted molar refractivity (Wildman–Crippen MR) is 81.1 cm³/mol. The van der Waals surface area contributed by atoms with E-state index < -0.39 is 9.84 Å². The first-order chi connectivity index (χ1) is 9.53. The molecule has 20 heavy (non-hydrogen) atoms. The molecular formula is C17H16O2S. The van der Waals surface area contributed by atoms with Gasteiger partial charge < -0.3 is 0 Å². The minimum absolute atomic E-state index is 0.0867. The summed E-state index contributed by atoms with van der Waals surface area (Å²) in [7, 11) is -3.43. The van der Waals surface area contributed by atoms with Crippen LogP contribution in [0.2, 0.25) is 0 Å². The zero-order chi connectivity index (χ0) is 14.3. The molecule has 2 nitrogen and oxygen atoms in total. The van der Waals surface area contributed by atoms with Gasteiger partial charge in [0, 0.05) is 5.92 Å². The molecule has 0 saturated heterocycles.